The van der Waals surface area contributed by atoms with Crippen molar-refractivity contribution >= 4 is 14.3 Å². The van der Waals surface area contributed by atoms with Crippen molar-refractivity contribution in [3.8, 4) is 0 Å². The van der Waals surface area contributed by atoms with Crippen LogP contribution in [0.25, 0.3) is 0 Å². The van der Waals surface area contributed by atoms with E-state index in [-0.39, 0.29) is 6.10 Å². The van der Waals surface area contributed by atoms with Crippen LogP contribution in [0.1, 0.15) is 66.4 Å². The molecule has 0 radical (unpaired) electrons. The van der Waals surface area contributed by atoms with Gasteiger partial charge in [0.05, 0.1) is 25.1 Å². The molecule has 0 saturated heterocycles. The summed E-state index contributed by atoms with van der Waals surface area (Å²) in [6.07, 6.45) is 13.4. The van der Waals surface area contributed by atoms with Crippen LogP contribution in [-0.4, -0.2) is 39.2 Å². The van der Waals surface area contributed by atoms with Gasteiger partial charge in [0, 0.05) is 6.08 Å². The summed E-state index contributed by atoms with van der Waals surface area (Å²) < 4.78 is 24.5. The number of benzene rings is 1. The van der Waals surface area contributed by atoms with Crippen molar-refractivity contribution in [2.75, 3.05) is 7.11 Å². The molecule has 38 heavy (non-hydrogen) atoms. The molecule has 6 heteroatoms. The van der Waals surface area contributed by atoms with Gasteiger partial charge in [0.2, 0.25) is 0 Å². The largest absolute Gasteiger partial charge is 0.497 e. The van der Waals surface area contributed by atoms with Crippen LogP contribution in [0.15, 0.2) is 78.1 Å². The van der Waals surface area contributed by atoms with E-state index in [2.05, 4.69) is 53.7 Å². The molecular formula is C32H48O5Si. The topological polar surface area (TPSA) is 54.0 Å². The number of rotatable bonds is 12. The number of hydrogen-bond donors (Lipinski definition) is 0. The molecule has 0 bridgehead atoms. The van der Waals surface area contributed by atoms with Gasteiger partial charge < -0.3 is 18.6 Å². The Morgan fingerprint density at radius 3 is 2.45 bits per heavy atom. The third-order valence-corrected chi connectivity index (χ3v) is 12.3. The maximum Gasteiger partial charge on any atom is 0.330 e. The van der Waals surface area contributed by atoms with E-state index in [1.807, 2.05) is 42.5 Å². The van der Waals surface area contributed by atoms with Crippen LogP contribution < -0.4 is 0 Å². The normalized spacial score (nSPS) is 24.9. The fourth-order valence-corrected chi connectivity index (χ4v) is 8.04. The molecule has 1 aromatic carbocycles. The van der Waals surface area contributed by atoms with Crippen molar-refractivity contribution < 1.29 is 23.4 Å². The van der Waals surface area contributed by atoms with Gasteiger partial charge in [-0.05, 0) is 81.5 Å². The Balaban J connectivity index is 2.32. The smallest absolute Gasteiger partial charge is 0.330 e. The van der Waals surface area contributed by atoms with Crippen LogP contribution in [0.2, 0.25) is 18.1 Å². The van der Waals surface area contributed by atoms with Crippen molar-refractivity contribution in [3.05, 3.63) is 83.7 Å². The van der Waals surface area contributed by atoms with Gasteiger partial charge in [-0.1, -0.05) is 68.8 Å². The van der Waals surface area contributed by atoms with Gasteiger partial charge in [0.1, 0.15) is 12.7 Å². The minimum atomic E-state index is -1.95. The summed E-state index contributed by atoms with van der Waals surface area (Å²) in [5.41, 5.74) is 2.90. The Hall–Kier alpha value is -2.41. The van der Waals surface area contributed by atoms with Gasteiger partial charge in [-0.3, -0.25) is 0 Å². The lowest BCUT2D eigenvalue weighted by Crippen LogP contribution is -2.52. The maximum atomic E-state index is 12.1. The summed E-state index contributed by atoms with van der Waals surface area (Å²) >= 11 is 0. The third-order valence-electron chi connectivity index (χ3n) is 7.54. The Morgan fingerprint density at radius 2 is 1.82 bits per heavy atom. The van der Waals surface area contributed by atoms with Crippen molar-refractivity contribution in [3.63, 3.8) is 0 Å². The van der Waals surface area contributed by atoms with E-state index in [9.17, 15) is 4.79 Å². The molecule has 2 rings (SSSR count). The molecule has 0 aromatic heterocycles. The molecule has 1 aromatic rings. The summed E-state index contributed by atoms with van der Waals surface area (Å²) in [7, 11) is -0.561. The number of allylic oxidation sites excluding steroid dienone is 3. The van der Waals surface area contributed by atoms with E-state index in [1.54, 1.807) is 6.26 Å². The molecule has 0 fully saturated rings. The van der Waals surface area contributed by atoms with E-state index < -0.39 is 26.0 Å². The van der Waals surface area contributed by atoms with E-state index in [1.165, 1.54) is 18.8 Å². The molecule has 3 atom stereocenters. The Labute approximate surface area is 231 Å². The average molecular weight is 541 g/mol. The van der Waals surface area contributed by atoms with E-state index in [0.717, 1.165) is 48.5 Å². The number of ether oxygens (including phenoxy) is 3. The number of carbonyl (C=O) groups is 1. The lowest BCUT2D eigenvalue weighted by atomic mass is 9.92. The molecule has 1 heterocycles. The van der Waals surface area contributed by atoms with Crippen LogP contribution in [0.3, 0.4) is 0 Å². The third kappa shape index (κ3) is 10.0. The average Bonchev–Trinajstić information content (AvgIpc) is 2.97. The summed E-state index contributed by atoms with van der Waals surface area (Å²) in [6, 6.07) is 13.3. The zero-order valence-electron chi connectivity index (χ0n) is 24.5. The first-order valence-corrected chi connectivity index (χ1v) is 16.5. The van der Waals surface area contributed by atoms with Crippen LogP contribution in [0.4, 0.5) is 0 Å². The first kappa shape index (κ1) is 31.8. The van der Waals surface area contributed by atoms with Gasteiger partial charge >= 0.3 is 5.97 Å². The van der Waals surface area contributed by atoms with Gasteiger partial charge in [-0.2, -0.15) is 0 Å². The van der Waals surface area contributed by atoms with Crippen LogP contribution >= 0.6 is 0 Å². The molecule has 0 spiro atoms. The predicted octanol–water partition coefficient (Wildman–Crippen LogP) is 8.06. The minimum Gasteiger partial charge on any atom is -0.497 e. The zero-order valence-corrected chi connectivity index (χ0v) is 25.5. The molecule has 0 N–H and O–H groups in total. The van der Waals surface area contributed by atoms with Gasteiger partial charge in [-0.15, -0.1) is 0 Å². The summed E-state index contributed by atoms with van der Waals surface area (Å²) in [4.78, 5) is 12.1. The molecule has 0 unspecified atom stereocenters. The van der Waals surface area contributed by atoms with E-state index >= 15 is 0 Å². The molecular weight excluding hydrogens is 492 g/mol. The minimum absolute atomic E-state index is 0.181. The van der Waals surface area contributed by atoms with E-state index in [0.29, 0.717) is 6.61 Å². The molecule has 1 aliphatic heterocycles. The Morgan fingerprint density at radius 1 is 1.13 bits per heavy atom. The highest BCUT2D eigenvalue weighted by Gasteiger charge is 2.43. The fraction of sp³-hybridized carbons (Fsp3) is 0.531. The molecule has 0 saturated carbocycles. The maximum absolute atomic E-state index is 12.1. The Kier molecular flexibility index (Phi) is 13.3. The fourth-order valence-electron chi connectivity index (χ4n) is 4.90. The highest BCUT2D eigenvalue weighted by molar-refractivity contribution is 6.73. The van der Waals surface area contributed by atoms with Crippen molar-refractivity contribution in [2.24, 2.45) is 0 Å². The second-order valence-corrected chi connectivity index (χ2v) is 15.1. The first-order valence-electron chi connectivity index (χ1n) is 14.0. The van der Waals surface area contributed by atoms with Gasteiger partial charge in [-0.25, -0.2) is 4.79 Å². The van der Waals surface area contributed by atoms with Gasteiger partial charge in [0.15, 0.2) is 8.32 Å². The second kappa shape index (κ2) is 15.9. The Bertz CT molecular complexity index is 969. The molecule has 5 nitrogen and oxygen atoms in total. The number of carbonyl (C=O) groups excluding carboxylic acids is 1. The lowest BCUT2D eigenvalue weighted by Gasteiger charge is -2.44. The zero-order chi connectivity index (χ0) is 28.0. The molecule has 210 valence electrons. The predicted molar refractivity (Wildman–Crippen MR) is 158 cm³/mol. The second-order valence-electron chi connectivity index (χ2n) is 10.4. The number of methoxy groups -OCH3 is 1. The number of hydrogen-bond acceptors (Lipinski definition) is 5. The van der Waals surface area contributed by atoms with Crippen molar-refractivity contribution in [1.82, 2.24) is 0 Å². The summed E-state index contributed by atoms with van der Waals surface area (Å²) in [5.74, 6) is -0.392. The summed E-state index contributed by atoms with van der Waals surface area (Å²) in [5, 5.41) is 0. The van der Waals surface area contributed by atoms with Crippen LogP contribution in [0, 0.1) is 0 Å². The first-order chi connectivity index (χ1) is 18.2. The molecule has 1 aliphatic rings. The quantitative estimate of drug-likeness (QED) is 0.0670. The lowest BCUT2D eigenvalue weighted by molar-refractivity contribution is -0.135. The SMILES string of the molecule is CC[Si](CC)(CC)O[C@]1(C)CC/C=C(/C)C[C@H](/C=C(C)/C=C/OCc2ccccc2)O[C@@H]1/C=C/C(=O)OC. The standard InChI is InChI=1S/C32H48O5Si/c1-8-38(9-2,10-3)37-32(6)21-14-15-26(4)23-29(36-30(32)18-19-31(33)34-7)24-27(5)20-22-35-25-28-16-12-11-13-17-28/h11-13,15-20,22,24,29-30H,8-10,14,21,23,25H2,1-7H3/b19-18+,22-20+,26-15-,27-24+/t29-,30-,32-/m1/s1. The van der Waals surface area contributed by atoms with Crippen LogP contribution in [0.5, 0.6) is 0 Å². The van der Waals surface area contributed by atoms with Crippen molar-refractivity contribution in [2.45, 2.75) is 103 Å². The highest BCUT2D eigenvalue weighted by atomic mass is 28.4. The highest BCUT2D eigenvalue weighted by Crippen LogP contribution is 2.37. The van der Waals surface area contributed by atoms with Crippen molar-refractivity contribution in [1.29, 1.82) is 0 Å². The summed E-state index contributed by atoms with van der Waals surface area (Å²) in [6.45, 7) is 13.6. The van der Waals surface area contributed by atoms with E-state index in [4.69, 9.17) is 18.6 Å². The molecule has 0 amide bonds. The molecule has 0 aliphatic carbocycles. The van der Waals surface area contributed by atoms with Gasteiger partial charge in [0.25, 0.3) is 0 Å². The monoisotopic (exact) mass is 540 g/mol. The number of esters is 1. The van der Waals surface area contributed by atoms with Crippen LogP contribution in [-0.2, 0) is 30.0 Å².